The van der Waals surface area contributed by atoms with Gasteiger partial charge in [-0.2, -0.15) is 0 Å². The van der Waals surface area contributed by atoms with Crippen molar-refractivity contribution >= 4 is 0 Å². The fourth-order valence-electron chi connectivity index (χ4n) is 1.39. The highest BCUT2D eigenvalue weighted by Gasteiger charge is 2.16. The molecule has 0 aromatic heterocycles. The van der Waals surface area contributed by atoms with Gasteiger partial charge in [0.05, 0.1) is 12.1 Å². The summed E-state index contributed by atoms with van der Waals surface area (Å²) in [4.78, 5) is 0. The molecular formula is C12H17F2NO. The van der Waals surface area contributed by atoms with E-state index in [2.05, 4.69) is 0 Å². The van der Waals surface area contributed by atoms with Gasteiger partial charge in [0.15, 0.2) is 0 Å². The molecule has 0 spiro atoms. The van der Waals surface area contributed by atoms with Gasteiger partial charge in [-0.3, -0.25) is 0 Å². The van der Waals surface area contributed by atoms with Crippen molar-refractivity contribution in [1.82, 2.24) is 0 Å². The minimum absolute atomic E-state index is 0.376. The number of nitrogens with two attached hydrogens (primary N) is 1. The average molecular weight is 229 g/mol. The first kappa shape index (κ1) is 13.1. The second kappa shape index (κ2) is 5.92. The zero-order chi connectivity index (χ0) is 12.1. The van der Waals surface area contributed by atoms with Crippen molar-refractivity contribution in [2.75, 3.05) is 6.61 Å². The van der Waals surface area contributed by atoms with Gasteiger partial charge in [0, 0.05) is 0 Å². The highest BCUT2D eigenvalue weighted by molar-refractivity contribution is 5.24. The van der Waals surface area contributed by atoms with Crippen molar-refractivity contribution in [3.63, 3.8) is 0 Å². The van der Waals surface area contributed by atoms with Crippen LogP contribution >= 0.6 is 0 Å². The molecule has 90 valence electrons. The van der Waals surface area contributed by atoms with Crippen LogP contribution in [0.5, 0.6) is 0 Å². The molecule has 0 bridgehead atoms. The molecule has 0 fully saturated rings. The van der Waals surface area contributed by atoms with Crippen LogP contribution in [0.4, 0.5) is 8.78 Å². The van der Waals surface area contributed by atoms with E-state index >= 15 is 0 Å². The SMILES string of the molecule is Cc1ccc(C(N)C(C)OCC(F)F)cc1. The van der Waals surface area contributed by atoms with Gasteiger partial charge in [0.1, 0.15) is 6.61 Å². The monoisotopic (exact) mass is 229 g/mol. The Morgan fingerprint density at radius 1 is 1.25 bits per heavy atom. The molecular weight excluding hydrogens is 212 g/mol. The van der Waals surface area contributed by atoms with Gasteiger partial charge in [-0.25, -0.2) is 8.78 Å². The first-order chi connectivity index (χ1) is 7.50. The number of aryl methyl sites for hydroxylation is 1. The lowest BCUT2D eigenvalue weighted by molar-refractivity contribution is -0.0261. The Morgan fingerprint density at radius 3 is 2.31 bits per heavy atom. The first-order valence-corrected chi connectivity index (χ1v) is 5.22. The van der Waals surface area contributed by atoms with E-state index in [1.54, 1.807) is 6.92 Å². The standard InChI is InChI=1S/C12H17F2NO/c1-8-3-5-10(6-4-8)12(15)9(2)16-7-11(13)14/h3-6,9,11-12H,7,15H2,1-2H3. The van der Waals surface area contributed by atoms with E-state index in [0.29, 0.717) is 0 Å². The fraction of sp³-hybridized carbons (Fsp3) is 0.500. The smallest absolute Gasteiger partial charge is 0.261 e. The third kappa shape index (κ3) is 3.87. The topological polar surface area (TPSA) is 35.2 Å². The van der Waals surface area contributed by atoms with Crippen LogP contribution in [0, 0.1) is 6.92 Å². The van der Waals surface area contributed by atoms with Crippen LogP contribution in [0.2, 0.25) is 0 Å². The summed E-state index contributed by atoms with van der Waals surface area (Å²) in [7, 11) is 0. The maximum Gasteiger partial charge on any atom is 0.261 e. The predicted molar refractivity (Wildman–Crippen MR) is 59.5 cm³/mol. The third-order valence-electron chi connectivity index (χ3n) is 2.45. The molecule has 0 aliphatic rings. The number of hydrogen-bond acceptors (Lipinski definition) is 2. The summed E-state index contributed by atoms with van der Waals surface area (Å²) < 4.78 is 28.9. The van der Waals surface area contributed by atoms with E-state index in [9.17, 15) is 8.78 Å². The molecule has 1 aromatic rings. The Balaban J connectivity index is 2.56. The summed E-state index contributed by atoms with van der Waals surface area (Å²) >= 11 is 0. The van der Waals surface area contributed by atoms with E-state index in [1.165, 1.54) is 0 Å². The molecule has 0 saturated carbocycles. The number of hydrogen-bond donors (Lipinski definition) is 1. The van der Waals surface area contributed by atoms with Crippen molar-refractivity contribution in [1.29, 1.82) is 0 Å². The molecule has 2 nitrogen and oxygen atoms in total. The second-order valence-corrected chi connectivity index (χ2v) is 3.87. The molecule has 0 amide bonds. The molecule has 0 saturated heterocycles. The van der Waals surface area contributed by atoms with E-state index in [-0.39, 0.29) is 6.04 Å². The van der Waals surface area contributed by atoms with E-state index in [4.69, 9.17) is 10.5 Å². The maximum atomic E-state index is 11.9. The molecule has 2 atom stereocenters. The lowest BCUT2D eigenvalue weighted by Crippen LogP contribution is -2.27. The highest BCUT2D eigenvalue weighted by atomic mass is 19.3. The van der Waals surface area contributed by atoms with Crippen molar-refractivity contribution in [2.24, 2.45) is 5.73 Å². The molecule has 0 aliphatic heterocycles. The van der Waals surface area contributed by atoms with Gasteiger partial charge >= 0.3 is 0 Å². The summed E-state index contributed by atoms with van der Waals surface area (Å²) in [6.45, 7) is 3.11. The quantitative estimate of drug-likeness (QED) is 0.842. The van der Waals surface area contributed by atoms with Crippen LogP contribution < -0.4 is 5.73 Å². The summed E-state index contributed by atoms with van der Waals surface area (Å²) in [6, 6.07) is 7.29. The Morgan fingerprint density at radius 2 is 1.81 bits per heavy atom. The third-order valence-corrected chi connectivity index (χ3v) is 2.45. The van der Waals surface area contributed by atoms with Gasteiger partial charge in [-0.15, -0.1) is 0 Å². The minimum atomic E-state index is -2.45. The van der Waals surface area contributed by atoms with Crippen LogP contribution in [0.15, 0.2) is 24.3 Å². The molecule has 1 aromatic carbocycles. The molecule has 0 heterocycles. The van der Waals surface area contributed by atoms with Gasteiger partial charge in [0.25, 0.3) is 6.43 Å². The van der Waals surface area contributed by atoms with Crippen LogP contribution in [0.3, 0.4) is 0 Å². The second-order valence-electron chi connectivity index (χ2n) is 3.87. The molecule has 2 N–H and O–H groups in total. The normalized spacial score (nSPS) is 15.1. The van der Waals surface area contributed by atoms with Gasteiger partial charge in [-0.1, -0.05) is 29.8 Å². The fourth-order valence-corrected chi connectivity index (χ4v) is 1.39. The van der Waals surface area contributed by atoms with Crippen LogP contribution in [-0.2, 0) is 4.74 Å². The van der Waals surface area contributed by atoms with Crippen LogP contribution in [0.1, 0.15) is 24.1 Å². The van der Waals surface area contributed by atoms with Crippen LogP contribution in [-0.4, -0.2) is 19.1 Å². The lowest BCUT2D eigenvalue weighted by atomic mass is 10.0. The number of ether oxygens (including phenoxy) is 1. The average Bonchev–Trinajstić information content (AvgIpc) is 2.26. The Kier molecular flexibility index (Phi) is 4.83. The first-order valence-electron chi connectivity index (χ1n) is 5.22. The van der Waals surface area contributed by atoms with Gasteiger partial charge < -0.3 is 10.5 Å². The number of rotatable bonds is 5. The van der Waals surface area contributed by atoms with Crippen molar-refractivity contribution in [3.8, 4) is 0 Å². The van der Waals surface area contributed by atoms with Crippen molar-refractivity contribution < 1.29 is 13.5 Å². The molecule has 16 heavy (non-hydrogen) atoms. The lowest BCUT2D eigenvalue weighted by Gasteiger charge is -2.20. The number of halogens is 2. The maximum absolute atomic E-state index is 11.9. The van der Waals surface area contributed by atoms with Crippen molar-refractivity contribution in [3.05, 3.63) is 35.4 Å². The summed E-state index contributed by atoms with van der Waals surface area (Å²) in [5, 5.41) is 0. The summed E-state index contributed by atoms with van der Waals surface area (Å²) in [6.07, 6.45) is -2.87. The number of benzene rings is 1. The zero-order valence-corrected chi connectivity index (χ0v) is 9.49. The summed E-state index contributed by atoms with van der Waals surface area (Å²) in [5.74, 6) is 0. The Bertz CT molecular complexity index is 313. The van der Waals surface area contributed by atoms with E-state index in [0.717, 1.165) is 11.1 Å². The molecule has 0 aliphatic carbocycles. The van der Waals surface area contributed by atoms with Crippen molar-refractivity contribution in [2.45, 2.75) is 32.4 Å². The predicted octanol–water partition coefficient (Wildman–Crippen LogP) is 2.67. The summed E-state index contributed by atoms with van der Waals surface area (Å²) in [5.41, 5.74) is 7.94. The van der Waals surface area contributed by atoms with E-state index in [1.807, 2.05) is 31.2 Å². The zero-order valence-electron chi connectivity index (χ0n) is 9.49. The largest absolute Gasteiger partial charge is 0.371 e. The molecule has 1 rings (SSSR count). The Hall–Kier alpha value is -1.00. The highest BCUT2D eigenvalue weighted by Crippen LogP contribution is 2.17. The Labute approximate surface area is 94.4 Å². The molecule has 4 heteroatoms. The molecule has 2 unspecified atom stereocenters. The molecule has 0 radical (unpaired) electrons. The van der Waals surface area contributed by atoms with Gasteiger partial charge in [0.2, 0.25) is 0 Å². The van der Waals surface area contributed by atoms with Gasteiger partial charge in [-0.05, 0) is 19.4 Å². The minimum Gasteiger partial charge on any atom is -0.371 e. The van der Waals surface area contributed by atoms with E-state index < -0.39 is 19.1 Å². The van der Waals surface area contributed by atoms with Crippen LogP contribution in [0.25, 0.3) is 0 Å². The number of alkyl halides is 2.